The molecule has 0 spiro atoms. The molecule has 0 aliphatic carbocycles. The van der Waals surface area contributed by atoms with Gasteiger partial charge in [-0.1, -0.05) is 32.6 Å². The largest absolute Gasteiger partial charge is 0.391 e. The highest BCUT2D eigenvalue weighted by molar-refractivity contribution is 5.75. The summed E-state index contributed by atoms with van der Waals surface area (Å²) in [7, 11) is 0. The summed E-state index contributed by atoms with van der Waals surface area (Å²) < 4.78 is 0. The third-order valence-corrected chi connectivity index (χ3v) is 1.88. The lowest BCUT2D eigenvalue weighted by Crippen LogP contribution is -2.25. The average Bonchev–Trinajstić information content (AvgIpc) is 2.09. The van der Waals surface area contributed by atoms with Gasteiger partial charge in [-0.3, -0.25) is 4.99 Å². The average molecular weight is 187 g/mol. The molecule has 0 fully saturated rings. The summed E-state index contributed by atoms with van der Waals surface area (Å²) >= 11 is 0. The lowest BCUT2D eigenvalue weighted by Gasteiger charge is -2.06. The van der Waals surface area contributed by atoms with Gasteiger partial charge in [-0.15, -0.1) is 0 Å². The molecule has 1 unspecified atom stereocenters. The number of aliphatic hydroxyl groups is 1. The molecule has 0 saturated heterocycles. The van der Waals surface area contributed by atoms with Gasteiger partial charge in [0.25, 0.3) is 0 Å². The molecule has 0 amide bonds. The van der Waals surface area contributed by atoms with Crippen LogP contribution in [0.4, 0.5) is 0 Å². The van der Waals surface area contributed by atoms with Crippen LogP contribution in [0.5, 0.6) is 0 Å². The minimum atomic E-state index is -0.390. The molecule has 5 N–H and O–H groups in total. The summed E-state index contributed by atoms with van der Waals surface area (Å²) in [5.41, 5.74) is 10.3. The summed E-state index contributed by atoms with van der Waals surface area (Å²) in [6.07, 6.45) is 5.07. The molecule has 0 aromatic rings. The number of rotatable bonds is 7. The molecule has 78 valence electrons. The van der Waals surface area contributed by atoms with Gasteiger partial charge < -0.3 is 16.6 Å². The summed E-state index contributed by atoms with van der Waals surface area (Å²) in [5.74, 6) is 0.0487. The van der Waals surface area contributed by atoms with E-state index < -0.39 is 0 Å². The number of hydrogen-bond acceptors (Lipinski definition) is 2. The number of unbranched alkanes of at least 4 members (excludes halogenated alkanes) is 3. The zero-order chi connectivity index (χ0) is 10.1. The van der Waals surface area contributed by atoms with Crippen LogP contribution in [0.15, 0.2) is 4.99 Å². The number of nitrogens with two attached hydrogens (primary N) is 2. The first kappa shape index (κ1) is 12.2. The van der Waals surface area contributed by atoms with Crippen LogP contribution in [0.2, 0.25) is 0 Å². The molecular formula is C9H21N3O. The summed E-state index contributed by atoms with van der Waals surface area (Å²) in [6, 6.07) is 0. The predicted molar refractivity (Wildman–Crippen MR) is 55.4 cm³/mol. The molecule has 13 heavy (non-hydrogen) atoms. The minimum absolute atomic E-state index is 0.0487. The van der Waals surface area contributed by atoms with E-state index in [-0.39, 0.29) is 12.1 Å². The Morgan fingerprint density at radius 3 is 2.54 bits per heavy atom. The van der Waals surface area contributed by atoms with E-state index in [0.717, 1.165) is 12.8 Å². The molecule has 4 heteroatoms. The Labute approximate surface area is 80.0 Å². The van der Waals surface area contributed by atoms with Gasteiger partial charge in [0.05, 0.1) is 12.6 Å². The fourth-order valence-electron chi connectivity index (χ4n) is 1.11. The molecule has 0 saturated carbocycles. The smallest absolute Gasteiger partial charge is 0.185 e. The van der Waals surface area contributed by atoms with Crippen molar-refractivity contribution in [2.45, 2.75) is 45.1 Å². The van der Waals surface area contributed by atoms with Gasteiger partial charge in [-0.05, 0) is 6.42 Å². The highest BCUT2D eigenvalue weighted by atomic mass is 16.3. The monoisotopic (exact) mass is 187 g/mol. The van der Waals surface area contributed by atoms with Crippen LogP contribution >= 0.6 is 0 Å². The molecule has 0 rings (SSSR count). The van der Waals surface area contributed by atoms with Crippen molar-refractivity contribution in [3.05, 3.63) is 0 Å². The van der Waals surface area contributed by atoms with E-state index >= 15 is 0 Å². The second-order valence-corrected chi connectivity index (χ2v) is 3.27. The van der Waals surface area contributed by atoms with Crippen molar-refractivity contribution in [2.75, 3.05) is 6.54 Å². The Bertz CT molecular complexity index is 144. The van der Waals surface area contributed by atoms with Gasteiger partial charge in [0.2, 0.25) is 0 Å². The second kappa shape index (κ2) is 7.86. The quantitative estimate of drug-likeness (QED) is 0.310. The Kier molecular flexibility index (Phi) is 7.39. The van der Waals surface area contributed by atoms with E-state index in [1.165, 1.54) is 19.3 Å². The number of hydrogen-bond donors (Lipinski definition) is 3. The van der Waals surface area contributed by atoms with Gasteiger partial charge in [-0.25, -0.2) is 0 Å². The minimum Gasteiger partial charge on any atom is -0.391 e. The lowest BCUT2D eigenvalue weighted by molar-refractivity contribution is 0.169. The van der Waals surface area contributed by atoms with Crippen molar-refractivity contribution in [1.29, 1.82) is 0 Å². The first-order valence-corrected chi connectivity index (χ1v) is 4.90. The number of guanidine groups is 1. The van der Waals surface area contributed by atoms with Crippen molar-refractivity contribution >= 4 is 5.96 Å². The number of aliphatic hydroxyl groups excluding tert-OH is 1. The van der Waals surface area contributed by atoms with Crippen LogP contribution in [0, 0.1) is 0 Å². The second-order valence-electron chi connectivity index (χ2n) is 3.27. The maximum Gasteiger partial charge on any atom is 0.185 e. The van der Waals surface area contributed by atoms with E-state index in [0.29, 0.717) is 6.54 Å². The molecular weight excluding hydrogens is 166 g/mol. The first-order valence-electron chi connectivity index (χ1n) is 4.90. The van der Waals surface area contributed by atoms with Gasteiger partial charge in [0.15, 0.2) is 5.96 Å². The maximum absolute atomic E-state index is 9.38. The summed E-state index contributed by atoms with van der Waals surface area (Å²) in [6.45, 7) is 2.49. The number of nitrogens with zero attached hydrogens (tertiary/aromatic N) is 1. The Morgan fingerprint density at radius 1 is 1.31 bits per heavy atom. The van der Waals surface area contributed by atoms with Crippen LogP contribution < -0.4 is 11.5 Å². The van der Waals surface area contributed by atoms with Crippen LogP contribution in [0.3, 0.4) is 0 Å². The lowest BCUT2D eigenvalue weighted by atomic mass is 10.1. The van der Waals surface area contributed by atoms with Crippen LogP contribution in [0.1, 0.15) is 39.0 Å². The molecule has 0 aromatic carbocycles. The molecule has 1 atom stereocenters. The third-order valence-electron chi connectivity index (χ3n) is 1.88. The molecule has 4 nitrogen and oxygen atoms in total. The van der Waals surface area contributed by atoms with Crippen LogP contribution in [0.25, 0.3) is 0 Å². The molecule has 0 radical (unpaired) electrons. The highest BCUT2D eigenvalue weighted by Gasteiger charge is 2.01. The van der Waals surface area contributed by atoms with Gasteiger partial charge in [0, 0.05) is 0 Å². The Balaban J connectivity index is 3.30. The zero-order valence-electron chi connectivity index (χ0n) is 8.37. The van der Waals surface area contributed by atoms with Gasteiger partial charge in [0.1, 0.15) is 0 Å². The van der Waals surface area contributed by atoms with E-state index in [1.54, 1.807) is 0 Å². The van der Waals surface area contributed by atoms with Crippen molar-refractivity contribution < 1.29 is 5.11 Å². The normalized spacial score (nSPS) is 12.5. The van der Waals surface area contributed by atoms with Gasteiger partial charge >= 0.3 is 0 Å². The molecule has 0 heterocycles. The summed E-state index contributed by atoms with van der Waals surface area (Å²) in [5, 5.41) is 9.38. The SMILES string of the molecule is CCCCCCC(O)CN=C(N)N. The fourth-order valence-corrected chi connectivity index (χ4v) is 1.11. The van der Waals surface area contributed by atoms with Crippen LogP contribution in [-0.4, -0.2) is 23.7 Å². The molecule has 0 aliphatic rings. The van der Waals surface area contributed by atoms with Crippen molar-refractivity contribution in [1.82, 2.24) is 0 Å². The van der Waals surface area contributed by atoms with Crippen LogP contribution in [-0.2, 0) is 0 Å². The van der Waals surface area contributed by atoms with Crippen molar-refractivity contribution in [2.24, 2.45) is 16.5 Å². The summed E-state index contributed by atoms with van der Waals surface area (Å²) in [4.78, 5) is 3.75. The highest BCUT2D eigenvalue weighted by Crippen LogP contribution is 2.05. The van der Waals surface area contributed by atoms with E-state index in [4.69, 9.17) is 11.5 Å². The van der Waals surface area contributed by atoms with Crippen molar-refractivity contribution in [3.8, 4) is 0 Å². The fraction of sp³-hybridized carbons (Fsp3) is 0.889. The van der Waals surface area contributed by atoms with E-state index in [2.05, 4.69) is 11.9 Å². The van der Waals surface area contributed by atoms with E-state index in [9.17, 15) is 5.11 Å². The zero-order valence-corrected chi connectivity index (χ0v) is 8.37. The van der Waals surface area contributed by atoms with Gasteiger partial charge in [-0.2, -0.15) is 0 Å². The molecule has 0 aliphatic heterocycles. The topological polar surface area (TPSA) is 84.6 Å². The van der Waals surface area contributed by atoms with Crippen molar-refractivity contribution in [3.63, 3.8) is 0 Å². The Hall–Kier alpha value is -0.770. The predicted octanol–water partition coefficient (Wildman–Crippen LogP) is 0.591. The molecule has 0 aromatic heterocycles. The Morgan fingerprint density at radius 2 is 2.00 bits per heavy atom. The maximum atomic E-state index is 9.38. The standard InChI is InChI=1S/C9H21N3O/c1-2-3-4-5-6-8(13)7-12-9(10)11/h8,13H,2-7H2,1H3,(H4,10,11,12). The van der Waals surface area contributed by atoms with E-state index in [1.807, 2.05) is 0 Å². The molecule has 0 bridgehead atoms. The number of aliphatic imine (C=N–C) groups is 1. The third kappa shape index (κ3) is 9.14. The first-order chi connectivity index (χ1) is 6.16.